The summed E-state index contributed by atoms with van der Waals surface area (Å²) in [5.74, 6) is 0.933. The predicted octanol–water partition coefficient (Wildman–Crippen LogP) is 2.91. The van der Waals surface area contributed by atoms with Gasteiger partial charge in [-0.1, -0.05) is 6.92 Å². The van der Waals surface area contributed by atoms with E-state index in [9.17, 15) is 4.79 Å². The van der Waals surface area contributed by atoms with Crippen LogP contribution in [-0.4, -0.2) is 16.1 Å². The summed E-state index contributed by atoms with van der Waals surface area (Å²) in [5, 5.41) is 4.29. The van der Waals surface area contributed by atoms with Crippen molar-refractivity contribution < 1.29 is 0 Å². The van der Waals surface area contributed by atoms with Crippen LogP contribution in [0.4, 0.5) is 0 Å². The summed E-state index contributed by atoms with van der Waals surface area (Å²) in [5.41, 5.74) is 1.24. The van der Waals surface area contributed by atoms with Gasteiger partial charge in [-0.2, -0.15) is 0 Å². The summed E-state index contributed by atoms with van der Waals surface area (Å²) >= 11 is 1.64. The monoisotopic (exact) mass is 291 g/mol. The fourth-order valence-electron chi connectivity index (χ4n) is 2.95. The molecule has 0 aromatic carbocycles. The van der Waals surface area contributed by atoms with Crippen molar-refractivity contribution in [3.8, 4) is 0 Å². The number of aromatic nitrogens is 2. The van der Waals surface area contributed by atoms with Crippen molar-refractivity contribution in [2.24, 2.45) is 0 Å². The van der Waals surface area contributed by atoms with Gasteiger partial charge in [0.15, 0.2) is 0 Å². The number of aryl methyl sites for hydroxylation is 2. The molecule has 1 fully saturated rings. The maximum absolute atomic E-state index is 12.8. The van der Waals surface area contributed by atoms with Crippen molar-refractivity contribution >= 4 is 21.6 Å². The van der Waals surface area contributed by atoms with Gasteiger partial charge in [0, 0.05) is 11.4 Å². The van der Waals surface area contributed by atoms with Gasteiger partial charge in [0.1, 0.15) is 10.7 Å². The molecule has 1 atom stereocenters. The Balaban J connectivity index is 2.27. The first-order valence-electron chi connectivity index (χ1n) is 7.37. The van der Waals surface area contributed by atoms with E-state index < -0.39 is 0 Å². The molecule has 20 heavy (non-hydrogen) atoms. The SMILES string of the molecule is CCCn1c(C2CCCN2)nc2sc(C)c(C)c2c1=O. The van der Waals surface area contributed by atoms with E-state index in [2.05, 4.69) is 19.2 Å². The lowest BCUT2D eigenvalue weighted by Gasteiger charge is -2.16. The lowest BCUT2D eigenvalue weighted by Crippen LogP contribution is -2.29. The van der Waals surface area contributed by atoms with Crippen LogP contribution in [0.1, 0.15) is 48.5 Å². The average molecular weight is 291 g/mol. The van der Waals surface area contributed by atoms with Gasteiger partial charge in [-0.25, -0.2) is 4.98 Å². The molecule has 0 spiro atoms. The summed E-state index contributed by atoms with van der Waals surface area (Å²) in [4.78, 5) is 19.8. The second kappa shape index (κ2) is 5.30. The molecule has 2 aromatic heterocycles. The first-order chi connectivity index (χ1) is 9.63. The van der Waals surface area contributed by atoms with E-state index in [0.29, 0.717) is 0 Å². The molecule has 1 aliphatic rings. The molecule has 2 aromatic rings. The normalized spacial score (nSPS) is 19.1. The van der Waals surface area contributed by atoms with E-state index in [1.165, 1.54) is 4.88 Å². The average Bonchev–Trinajstić information content (AvgIpc) is 3.03. The molecule has 4 nitrogen and oxygen atoms in total. The van der Waals surface area contributed by atoms with Gasteiger partial charge < -0.3 is 5.32 Å². The molecule has 0 amide bonds. The van der Waals surface area contributed by atoms with Crippen molar-refractivity contribution in [1.29, 1.82) is 0 Å². The summed E-state index contributed by atoms with van der Waals surface area (Å²) in [6.07, 6.45) is 3.19. The van der Waals surface area contributed by atoms with Gasteiger partial charge >= 0.3 is 0 Å². The summed E-state index contributed by atoms with van der Waals surface area (Å²) < 4.78 is 1.89. The Morgan fingerprint density at radius 2 is 2.25 bits per heavy atom. The molecular formula is C15H21N3OS. The van der Waals surface area contributed by atoms with E-state index in [4.69, 9.17) is 4.98 Å². The van der Waals surface area contributed by atoms with Crippen LogP contribution in [0.25, 0.3) is 10.2 Å². The molecule has 3 heterocycles. The lowest BCUT2D eigenvalue weighted by atomic mass is 10.2. The highest BCUT2D eigenvalue weighted by Gasteiger charge is 2.24. The highest BCUT2D eigenvalue weighted by Crippen LogP contribution is 2.29. The Kier molecular flexibility index (Phi) is 3.65. The van der Waals surface area contributed by atoms with Crippen LogP contribution in [0, 0.1) is 13.8 Å². The molecule has 3 rings (SSSR count). The third-order valence-corrected chi connectivity index (χ3v) is 5.24. The van der Waals surface area contributed by atoms with E-state index >= 15 is 0 Å². The van der Waals surface area contributed by atoms with Crippen molar-refractivity contribution in [3.05, 3.63) is 26.6 Å². The molecule has 1 N–H and O–H groups in total. The fourth-order valence-corrected chi connectivity index (χ4v) is 3.98. The Hall–Kier alpha value is -1.20. The zero-order valence-corrected chi connectivity index (χ0v) is 13.1. The van der Waals surface area contributed by atoms with Crippen molar-refractivity contribution in [2.45, 2.75) is 52.6 Å². The van der Waals surface area contributed by atoms with Gasteiger partial charge in [-0.3, -0.25) is 9.36 Å². The number of thiophene rings is 1. The molecule has 0 radical (unpaired) electrons. The van der Waals surface area contributed by atoms with Crippen LogP contribution < -0.4 is 10.9 Å². The molecule has 0 saturated carbocycles. The summed E-state index contributed by atoms with van der Waals surface area (Å²) in [6.45, 7) is 7.98. The standard InChI is InChI=1S/C15H21N3OS/c1-4-8-18-13(11-6-5-7-16-11)17-14-12(15(18)19)9(2)10(3)20-14/h11,16H,4-8H2,1-3H3. The highest BCUT2D eigenvalue weighted by atomic mass is 32.1. The Morgan fingerprint density at radius 3 is 2.90 bits per heavy atom. The number of hydrogen-bond donors (Lipinski definition) is 1. The second-order valence-electron chi connectivity index (χ2n) is 5.54. The topological polar surface area (TPSA) is 46.9 Å². The molecule has 1 unspecified atom stereocenters. The molecule has 5 heteroatoms. The van der Waals surface area contributed by atoms with Gasteiger partial charge in [0.2, 0.25) is 0 Å². The van der Waals surface area contributed by atoms with E-state index in [1.54, 1.807) is 11.3 Å². The minimum absolute atomic E-state index is 0.141. The van der Waals surface area contributed by atoms with Gasteiger partial charge in [-0.05, 0) is 45.2 Å². The van der Waals surface area contributed by atoms with Crippen molar-refractivity contribution in [1.82, 2.24) is 14.9 Å². The lowest BCUT2D eigenvalue weighted by molar-refractivity contribution is 0.522. The van der Waals surface area contributed by atoms with Gasteiger partial charge in [0.05, 0.1) is 11.4 Å². The van der Waals surface area contributed by atoms with Crippen LogP contribution in [0.3, 0.4) is 0 Å². The molecular weight excluding hydrogens is 270 g/mol. The second-order valence-corrected chi connectivity index (χ2v) is 6.74. The van der Waals surface area contributed by atoms with Gasteiger partial charge in [0.25, 0.3) is 5.56 Å². The minimum atomic E-state index is 0.141. The predicted molar refractivity (Wildman–Crippen MR) is 83.6 cm³/mol. The van der Waals surface area contributed by atoms with E-state index in [0.717, 1.165) is 54.0 Å². The van der Waals surface area contributed by atoms with Crippen molar-refractivity contribution in [2.75, 3.05) is 6.54 Å². The number of nitrogens with one attached hydrogen (secondary N) is 1. The maximum Gasteiger partial charge on any atom is 0.262 e. The van der Waals surface area contributed by atoms with Gasteiger partial charge in [-0.15, -0.1) is 11.3 Å². The molecule has 0 aliphatic carbocycles. The number of fused-ring (bicyclic) bond motifs is 1. The van der Waals surface area contributed by atoms with E-state index in [1.807, 2.05) is 11.5 Å². The molecule has 0 bridgehead atoms. The fraction of sp³-hybridized carbons (Fsp3) is 0.600. The molecule has 1 saturated heterocycles. The van der Waals surface area contributed by atoms with Crippen LogP contribution in [0.2, 0.25) is 0 Å². The third kappa shape index (κ3) is 2.09. The third-order valence-electron chi connectivity index (χ3n) is 4.14. The summed E-state index contributed by atoms with van der Waals surface area (Å²) in [7, 11) is 0. The summed E-state index contributed by atoms with van der Waals surface area (Å²) in [6, 6.07) is 0.237. The zero-order valence-electron chi connectivity index (χ0n) is 12.3. The van der Waals surface area contributed by atoms with Crippen LogP contribution in [0.15, 0.2) is 4.79 Å². The minimum Gasteiger partial charge on any atom is -0.307 e. The smallest absolute Gasteiger partial charge is 0.262 e. The first-order valence-corrected chi connectivity index (χ1v) is 8.19. The number of rotatable bonds is 3. The highest BCUT2D eigenvalue weighted by molar-refractivity contribution is 7.18. The molecule has 1 aliphatic heterocycles. The van der Waals surface area contributed by atoms with E-state index in [-0.39, 0.29) is 11.6 Å². The van der Waals surface area contributed by atoms with Crippen LogP contribution in [0.5, 0.6) is 0 Å². The Bertz CT molecular complexity index is 695. The maximum atomic E-state index is 12.8. The quantitative estimate of drug-likeness (QED) is 0.946. The largest absolute Gasteiger partial charge is 0.307 e. The Morgan fingerprint density at radius 1 is 1.45 bits per heavy atom. The Labute approximate surface area is 122 Å². The zero-order chi connectivity index (χ0) is 14.3. The van der Waals surface area contributed by atoms with Crippen LogP contribution >= 0.6 is 11.3 Å². The number of hydrogen-bond acceptors (Lipinski definition) is 4. The first kappa shape index (κ1) is 13.8. The number of nitrogens with zero attached hydrogens (tertiary/aromatic N) is 2. The van der Waals surface area contributed by atoms with Crippen LogP contribution in [-0.2, 0) is 6.54 Å². The van der Waals surface area contributed by atoms with Crippen molar-refractivity contribution in [3.63, 3.8) is 0 Å². The molecule has 108 valence electrons.